The molecule has 9 nitrogen and oxygen atoms in total. The first-order valence-electron chi connectivity index (χ1n) is 7.88. The monoisotopic (exact) mass is 404 g/mol. The van der Waals surface area contributed by atoms with Crippen LogP contribution in [0.5, 0.6) is 11.5 Å². The number of hydrogen-bond donors (Lipinski definition) is 3. The number of amides is 3. The topological polar surface area (TPSA) is 132 Å². The minimum Gasteiger partial charge on any atom is -0.493 e. The fourth-order valence-corrected chi connectivity index (χ4v) is 2.19. The SMILES string of the molecule is COc1cc(C=NNC(=O)C(=O)Nc2cccc(Cl)c2)ccc1OCC(N)=O. The zero-order valence-corrected chi connectivity index (χ0v) is 15.5. The lowest BCUT2D eigenvalue weighted by Crippen LogP contribution is -2.32. The summed E-state index contributed by atoms with van der Waals surface area (Å²) in [6.07, 6.45) is 1.31. The average molecular weight is 405 g/mol. The van der Waals surface area contributed by atoms with Crippen LogP contribution in [-0.4, -0.2) is 37.7 Å². The summed E-state index contributed by atoms with van der Waals surface area (Å²) in [6, 6.07) is 11.1. The molecule has 4 N–H and O–H groups in total. The first-order valence-corrected chi connectivity index (χ1v) is 8.26. The Balaban J connectivity index is 1.94. The zero-order valence-electron chi connectivity index (χ0n) is 14.8. The smallest absolute Gasteiger partial charge is 0.329 e. The lowest BCUT2D eigenvalue weighted by molar-refractivity contribution is -0.136. The van der Waals surface area contributed by atoms with Crippen LogP contribution >= 0.6 is 11.6 Å². The minimum absolute atomic E-state index is 0.290. The molecular formula is C18H17ClN4O5. The molecule has 0 spiro atoms. The van der Waals surface area contributed by atoms with Gasteiger partial charge in [0.1, 0.15) is 0 Å². The van der Waals surface area contributed by atoms with Gasteiger partial charge < -0.3 is 20.5 Å². The van der Waals surface area contributed by atoms with Crippen molar-refractivity contribution >= 4 is 41.2 Å². The third-order valence-electron chi connectivity index (χ3n) is 3.23. The van der Waals surface area contributed by atoms with Crippen molar-refractivity contribution in [2.45, 2.75) is 0 Å². The largest absolute Gasteiger partial charge is 0.493 e. The molecule has 0 saturated heterocycles. The maximum Gasteiger partial charge on any atom is 0.329 e. The Morgan fingerprint density at radius 2 is 1.93 bits per heavy atom. The van der Waals surface area contributed by atoms with E-state index in [1.54, 1.807) is 36.4 Å². The summed E-state index contributed by atoms with van der Waals surface area (Å²) in [5, 5.41) is 6.54. The number of halogens is 1. The lowest BCUT2D eigenvalue weighted by Gasteiger charge is -2.09. The van der Waals surface area contributed by atoms with Gasteiger partial charge in [0.15, 0.2) is 18.1 Å². The summed E-state index contributed by atoms with van der Waals surface area (Å²) in [7, 11) is 1.43. The van der Waals surface area contributed by atoms with E-state index < -0.39 is 17.7 Å². The van der Waals surface area contributed by atoms with Crippen molar-refractivity contribution in [2.24, 2.45) is 10.8 Å². The number of rotatable bonds is 7. The molecule has 0 atom stereocenters. The fraction of sp³-hybridized carbons (Fsp3) is 0.111. The van der Waals surface area contributed by atoms with Gasteiger partial charge in [0.2, 0.25) is 0 Å². The van der Waals surface area contributed by atoms with E-state index in [1.165, 1.54) is 19.4 Å². The van der Waals surface area contributed by atoms with Gasteiger partial charge in [-0.3, -0.25) is 14.4 Å². The van der Waals surface area contributed by atoms with E-state index in [1.807, 2.05) is 0 Å². The Labute approximate surface area is 165 Å². The Morgan fingerprint density at radius 3 is 2.61 bits per heavy atom. The quantitative estimate of drug-likeness (QED) is 0.363. The van der Waals surface area contributed by atoms with Crippen LogP contribution in [0.25, 0.3) is 0 Å². The second kappa shape index (κ2) is 9.93. The van der Waals surface area contributed by atoms with Crippen LogP contribution in [0.1, 0.15) is 5.56 Å². The molecule has 2 rings (SSSR count). The standard InChI is InChI=1S/C18H17ClN4O5/c1-27-15-7-11(5-6-14(15)28-10-16(20)24)9-21-23-18(26)17(25)22-13-4-2-3-12(19)8-13/h2-9H,10H2,1H3,(H2,20,24)(H,22,25)(H,23,26). The molecule has 0 aliphatic heterocycles. The Bertz CT molecular complexity index is 917. The Morgan fingerprint density at radius 1 is 1.14 bits per heavy atom. The number of ether oxygens (including phenoxy) is 2. The van der Waals surface area contributed by atoms with Gasteiger partial charge in [-0.15, -0.1) is 0 Å². The number of primary amides is 1. The van der Waals surface area contributed by atoms with Crippen LogP contribution in [0.2, 0.25) is 5.02 Å². The van der Waals surface area contributed by atoms with E-state index >= 15 is 0 Å². The molecule has 0 unspecified atom stereocenters. The number of carbonyl (C=O) groups excluding carboxylic acids is 3. The van der Waals surface area contributed by atoms with E-state index in [0.29, 0.717) is 27.8 Å². The second-order valence-corrected chi connectivity index (χ2v) is 5.77. The molecule has 28 heavy (non-hydrogen) atoms. The van der Waals surface area contributed by atoms with Crippen molar-refractivity contribution in [3.8, 4) is 11.5 Å². The van der Waals surface area contributed by atoms with Crippen LogP contribution in [0.15, 0.2) is 47.6 Å². The van der Waals surface area contributed by atoms with E-state index in [4.69, 9.17) is 26.8 Å². The number of nitrogens with zero attached hydrogens (tertiary/aromatic N) is 1. The normalized spacial score (nSPS) is 10.4. The van der Waals surface area contributed by atoms with Gasteiger partial charge in [-0.1, -0.05) is 17.7 Å². The van der Waals surface area contributed by atoms with Crippen LogP contribution < -0.4 is 25.9 Å². The van der Waals surface area contributed by atoms with E-state index in [9.17, 15) is 14.4 Å². The number of carbonyl (C=O) groups is 3. The molecule has 10 heteroatoms. The van der Waals surface area contributed by atoms with Crippen molar-refractivity contribution in [2.75, 3.05) is 19.0 Å². The molecule has 0 aromatic heterocycles. The molecule has 0 heterocycles. The third-order valence-corrected chi connectivity index (χ3v) is 3.46. The molecule has 2 aromatic rings. The summed E-state index contributed by atoms with van der Waals surface area (Å²) in [4.78, 5) is 34.4. The predicted octanol–water partition coefficient (Wildman–Crippen LogP) is 1.30. The highest BCUT2D eigenvalue weighted by Gasteiger charge is 2.13. The van der Waals surface area contributed by atoms with E-state index in [2.05, 4.69) is 15.8 Å². The lowest BCUT2D eigenvalue weighted by atomic mass is 10.2. The molecule has 0 aliphatic rings. The number of anilines is 1. The molecule has 0 saturated carbocycles. The third kappa shape index (κ3) is 6.29. The van der Waals surface area contributed by atoms with Gasteiger partial charge in [-0.25, -0.2) is 5.43 Å². The highest BCUT2D eigenvalue weighted by Crippen LogP contribution is 2.27. The predicted molar refractivity (Wildman–Crippen MR) is 104 cm³/mol. The maximum absolute atomic E-state index is 11.8. The average Bonchev–Trinajstić information content (AvgIpc) is 2.66. The number of methoxy groups -OCH3 is 1. The Hall–Kier alpha value is -3.59. The molecular weight excluding hydrogens is 388 g/mol. The summed E-state index contributed by atoms with van der Waals surface area (Å²) in [5.41, 5.74) is 8.08. The van der Waals surface area contributed by atoms with E-state index in [0.717, 1.165) is 0 Å². The maximum atomic E-state index is 11.8. The van der Waals surface area contributed by atoms with Gasteiger partial charge in [0.05, 0.1) is 13.3 Å². The van der Waals surface area contributed by atoms with Gasteiger partial charge >= 0.3 is 11.8 Å². The molecule has 2 aromatic carbocycles. The molecule has 0 radical (unpaired) electrons. The number of nitrogens with two attached hydrogens (primary N) is 1. The highest BCUT2D eigenvalue weighted by molar-refractivity contribution is 6.39. The summed E-state index contributed by atoms with van der Waals surface area (Å²) < 4.78 is 10.4. The summed E-state index contributed by atoms with van der Waals surface area (Å²) in [6.45, 7) is -0.290. The summed E-state index contributed by atoms with van der Waals surface area (Å²) in [5.74, 6) is -1.80. The van der Waals surface area contributed by atoms with Crippen molar-refractivity contribution in [1.82, 2.24) is 5.43 Å². The fourth-order valence-electron chi connectivity index (χ4n) is 2.00. The highest BCUT2D eigenvalue weighted by atomic mass is 35.5. The molecule has 0 fully saturated rings. The van der Waals surface area contributed by atoms with E-state index in [-0.39, 0.29) is 6.61 Å². The van der Waals surface area contributed by atoms with Gasteiger partial charge in [-0.05, 0) is 42.0 Å². The first kappa shape index (κ1) is 20.7. The Kier molecular flexibility index (Phi) is 7.35. The van der Waals surface area contributed by atoms with Gasteiger partial charge in [0, 0.05) is 10.7 Å². The van der Waals surface area contributed by atoms with Crippen LogP contribution in [0.3, 0.4) is 0 Å². The van der Waals surface area contributed by atoms with Crippen molar-refractivity contribution in [3.63, 3.8) is 0 Å². The van der Waals surface area contributed by atoms with Gasteiger partial charge in [-0.2, -0.15) is 5.10 Å². The first-order chi connectivity index (χ1) is 13.4. The molecule has 146 valence electrons. The van der Waals surface area contributed by atoms with Crippen LogP contribution in [-0.2, 0) is 14.4 Å². The van der Waals surface area contributed by atoms with Crippen molar-refractivity contribution < 1.29 is 23.9 Å². The summed E-state index contributed by atoms with van der Waals surface area (Å²) >= 11 is 5.81. The number of benzene rings is 2. The zero-order chi connectivity index (χ0) is 20.5. The number of nitrogens with one attached hydrogen (secondary N) is 2. The van der Waals surface area contributed by atoms with Crippen LogP contribution in [0.4, 0.5) is 5.69 Å². The molecule has 0 bridgehead atoms. The molecule has 0 aliphatic carbocycles. The van der Waals surface area contributed by atoms with Crippen LogP contribution in [0, 0.1) is 0 Å². The minimum atomic E-state index is -0.954. The van der Waals surface area contributed by atoms with Crippen molar-refractivity contribution in [3.05, 3.63) is 53.1 Å². The number of hydrazone groups is 1. The second-order valence-electron chi connectivity index (χ2n) is 5.33. The van der Waals surface area contributed by atoms with Gasteiger partial charge in [0.25, 0.3) is 5.91 Å². The molecule has 3 amide bonds. The van der Waals surface area contributed by atoms with Crippen molar-refractivity contribution in [1.29, 1.82) is 0 Å². The number of hydrogen-bond acceptors (Lipinski definition) is 6.